The minimum absolute atomic E-state index is 0.0646. The van der Waals surface area contributed by atoms with Gasteiger partial charge >= 0.3 is 0 Å². The lowest BCUT2D eigenvalue weighted by molar-refractivity contribution is 0.335. The number of hydrogen-bond acceptors (Lipinski definition) is 2. The predicted molar refractivity (Wildman–Crippen MR) is 62.4 cm³/mol. The van der Waals surface area contributed by atoms with E-state index in [-0.39, 0.29) is 6.61 Å². The van der Waals surface area contributed by atoms with Crippen LogP contribution >= 0.6 is 0 Å². The maximum absolute atomic E-state index is 8.57. The highest BCUT2D eigenvalue weighted by Crippen LogP contribution is 2.25. The van der Waals surface area contributed by atoms with Crippen LogP contribution in [-0.4, -0.2) is 18.3 Å². The van der Waals surface area contributed by atoms with Gasteiger partial charge in [-0.1, -0.05) is 18.2 Å². The van der Waals surface area contributed by atoms with Crippen LogP contribution in [0.3, 0.4) is 0 Å². The molecule has 0 fully saturated rings. The first kappa shape index (κ1) is 11.8. The molecule has 0 aliphatic carbocycles. The molecule has 0 aliphatic heterocycles. The molecular formula is C13H18O2. The summed E-state index contributed by atoms with van der Waals surface area (Å²) in [5.41, 5.74) is 3.57. The number of rotatable bonds is 4. The molecule has 0 atom stereocenters. The molecule has 0 amide bonds. The first-order chi connectivity index (χ1) is 7.16. The normalized spacial score (nSPS) is 10.9. The van der Waals surface area contributed by atoms with E-state index in [0.717, 1.165) is 11.3 Å². The van der Waals surface area contributed by atoms with Crippen molar-refractivity contribution in [3.8, 4) is 5.75 Å². The van der Waals surface area contributed by atoms with Crippen molar-refractivity contribution in [1.82, 2.24) is 0 Å². The summed E-state index contributed by atoms with van der Waals surface area (Å²) < 4.78 is 5.65. The van der Waals surface area contributed by atoms with Crippen molar-refractivity contribution in [3.05, 3.63) is 41.0 Å². The lowest BCUT2D eigenvalue weighted by atomic mass is 10.1. The van der Waals surface area contributed by atoms with E-state index in [4.69, 9.17) is 9.84 Å². The summed E-state index contributed by atoms with van der Waals surface area (Å²) in [6.45, 7) is 6.75. The fourth-order valence-electron chi connectivity index (χ4n) is 1.42. The Bertz CT molecular complexity index is 354. The first-order valence-corrected chi connectivity index (χ1v) is 5.12. The molecule has 0 unspecified atom stereocenters. The molecule has 1 rings (SSSR count). The van der Waals surface area contributed by atoms with E-state index in [2.05, 4.69) is 26.0 Å². The molecule has 2 heteroatoms. The van der Waals surface area contributed by atoms with Crippen LogP contribution in [0.1, 0.15) is 16.7 Å². The number of aliphatic hydroxyl groups is 1. The van der Waals surface area contributed by atoms with E-state index < -0.39 is 0 Å². The summed E-state index contributed by atoms with van der Waals surface area (Å²) in [7, 11) is 0. The summed E-state index contributed by atoms with van der Waals surface area (Å²) in [6.07, 6.45) is 3.50. The summed E-state index contributed by atoms with van der Waals surface area (Å²) in [6, 6.07) is 4.16. The molecule has 0 aromatic heterocycles. The smallest absolute Gasteiger partial charge is 0.125 e. The fourth-order valence-corrected chi connectivity index (χ4v) is 1.42. The van der Waals surface area contributed by atoms with Gasteiger partial charge in [0.1, 0.15) is 12.4 Å². The maximum Gasteiger partial charge on any atom is 0.125 e. The number of benzene rings is 1. The van der Waals surface area contributed by atoms with Crippen LogP contribution in [0.25, 0.3) is 0 Å². The van der Waals surface area contributed by atoms with Gasteiger partial charge in [-0.2, -0.15) is 0 Å². The Morgan fingerprint density at radius 2 is 1.80 bits per heavy atom. The minimum Gasteiger partial charge on any atom is -0.489 e. The highest BCUT2D eigenvalue weighted by molar-refractivity contribution is 5.44. The lowest BCUT2D eigenvalue weighted by Gasteiger charge is -2.12. The van der Waals surface area contributed by atoms with Gasteiger partial charge in [0, 0.05) is 0 Å². The Labute approximate surface area is 91.2 Å². The van der Waals surface area contributed by atoms with Crippen LogP contribution < -0.4 is 4.74 Å². The molecule has 1 N–H and O–H groups in total. The Balaban J connectivity index is 2.75. The third kappa shape index (κ3) is 3.10. The van der Waals surface area contributed by atoms with Crippen LogP contribution in [-0.2, 0) is 0 Å². The third-order valence-electron chi connectivity index (χ3n) is 2.47. The second kappa shape index (κ2) is 5.56. The van der Waals surface area contributed by atoms with Gasteiger partial charge in [-0.05, 0) is 43.5 Å². The number of aliphatic hydroxyl groups excluding tert-OH is 1. The highest BCUT2D eigenvalue weighted by Gasteiger charge is 2.04. The van der Waals surface area contributed by atoms with Crippen LogP contribution in [0.4, 0.5) is 0 Å². The Morgan fingerprint density at radius 3 is 2.47 bits per heavy atom. The van der Waals surface area contributed by atoms with Crippen LogP contribution in [0, 0.1) is 20.8 Å². The zero-order valence-electron chi connectivity index (χ0n) is 9.58. The zero-order chi connectivity index (χ0) is 11.3. The number of hydrogen-bond donors (Lipinski definition) is 1. The van der Waals surface area contributed by atoms with Crippen molar-refractivity contribution in [2.45, 2.75) is 20.8 Å². The molecule has 0 radical (unpaired) electrons. The van der Waals surface area contributed by atoms with E-state index in [0.29, 0.717) is 6.61 Å². The Morgan fingerprint density at radius 1 is 1.13 bits per heavy atom. The van der Waals surface area contributed by atoms with Crippen molar-refractivity contribution in [2.24, 2.45) is 0 Å². The molecule has 0 heterocycles. The molecular weight excluding hydrogens is 188 g/mol. The molecule has 0 saturated heterocycles. The molecule has 0 aliphatic rings. The number of ether oxygens (including phenoxy) is 1. The quantitative estimate of drug-likeness (QED) is 0.767. The van der Waals surface area contributed by atoms with Gasteiger partial charge in [0.05, 0.1) is 6.61 Å². The van der Waals surface area contributed by atoms with E-state index in [1.54, 1.807) is 6.08 Å². The van der Waals surface area contributed by atoms with E-state index in [1.807, 2.05) is 13.0 Å². The Hall–Kier alpha value is -1.28. The van der Waals surface area contributed by atoms with Gasteiger partial charge < -0.3 is 9.84 Å². The minimum atomic E-state index is 0.0646. The number of aryl methyl sites for hydroxylation is 2. The molecule has 0 spiro atoms. The average Bonchev–Trinajstić information content (AvgIpc) is 2.23. The summed E-state index contributed by atoms with van der Waals surface area (Å²) in [5, 5.41) is 8.57. The molecule has 0 saturated carbocycles. The van der Waals surface area contributed by atoms with Gasteiger partial charge in [0.2, 0.25) is 0 Å². The molecule has 1 aromatic carbocycles. The topological polar surface area (TPSA) is 29.5 Å². The van der Waals surface area contributed by atoms with Gasteiger partial charge in [-0.15, -0.1) is 0 Å². The first-order valence-electron chi connectivity index (χ1n) is 5.12. The lowest BCUT2D eigenvalue weighted by Crippen LogP contribution is -1.99. The highest BCUT2D eigenvalue weighted by atomic mass is 16.5. The molecule has 1 aromatic rings. The van der Waals surface area contributed by atoms with Crippen molar-refractivity contribution >= 4 is 0 Å². The third-order valence-corrected chi connectivity index (χ3v) is 2.47. The van der Waals surface area contributed by atoms with Gasteiger partial charge in [-0.3, -0.25) is 0 Å². The van der Waals surface area contributed by atoms with Crippen molar-refractivity contribution in [2.75, 3.05) is 13.2 Å². The van der Waals surface area contributed by atoms with Crippen LogP contribution in [0.5, 0.6) is 5.75 Å². The predicted octanol–water partition coefficient (Wildman–Crippen LogP) is 2.54. The van der Waals surface area contributed by atoms with Gasteiger partial charge in [0.25, 0.3) is 0 Å². The van der Waals surface area contributed by atoms with Crippen LogP contribution in [0.15, 0.2) is 24.3 Å². The zero-order valence-corrected chi connectivity index (χ0v) is 9.58. The fraction of sp³-hybridized carbons (Fsp3) is 0.385. The molecule has 15 heavy (non-hydrogen) atoms. The van der Waals surface area contributed by atoms with E-state index >= 15 is 0 Å². The average molecular weight is 206 g/mol. The van der Waals surface area contributed by atoms with E-state index in [1.165, 1.54) is 11.1 Å². The molecule has 82 valence electrons. The SMILES string of the molecule is Cc1ccc(C)c(OC/C=C/CO)c1C. The van der Waals surface area contributed by atoms with Crippen molar-refractivity contribution in [3.63, 3.8) is 0 Å². The van der Waals surface area contributed by atoms with Gasteiger partial charge in [-0.25, -0.2) is 0 Å². The van der Waals surface area contributed by atoms with Crippen molar-refractivity contribution in [1.29, 1.82) is 0 Å². The summed E-state index contributed by atoms with van der Waals surface area (Å²) >= 11 is 0. The summed E-state index contributed by atoms with van der Waals surface area (Å²) in [4.78, 5) is 0. The van der Waals surface area contributed by atoms with Crippen LogP contribution in [0.2, 0.25) is 0 Å². The molecule has 2 nitrogen and oxygen atoms in total. The monoisotopic (exact) mass is 206 g/mol. The maximum atomic E-state index is 8.57. The summed E-state index contributed by atoms with van der Waals surface area (Å²) in [5.74, 6) is 0.956. The standard InChI is InChI=1S/C13H18O2/c1-10-6-7-11(2)13(12(10)3)15-9-5-4-8-14/h4-7,14H,8-9H2,1-3H3/b5-4+. The Kier molecular flexibility index (Phi) is 4.37. The van der Waals surface area contributed by atoms with E-state index in [9.17, 15) is 0 Å². The van der Waals surface area contributed by atoms with Gasteiger partial charge in [0.15, 0.2) is 0 Å². The largest absolute Gasteiger partial charge is 0.489 e. The second-order valence-corrected chi connectivity index (χ2v) is 3.62. The van der Waals surface area contributed by atoms with Crippen molar-refractivity contribution < 1.29 is 9.84 Å². The molecule has 0 bridgehead atoms. The second-order valence-electron chi connectivity index (χ2n) is 3.62.